The second-order valence-corrected chi connectivity index (χ2v) is 5.64. The highest BCUT2D eigenvalue weighted by atomic mass is 16.5. The van der Waals surface area contributed by atoms with Gasteiger partial charge in [-0.3, -0.25) is 4.79 Å². The van der Waals surface area contributed by atoms with Gasteiger partial charge in [0.2, 0.25) is 0 Å². The van der Waals surface area contributed by atoms with Crippen molar-refractivity contribution in [1.82, 2.24) is 10.6 Å². The summed E-state index contributed by atoms with van der Waals surface area (Å²) in [5.74, 6) is -1.30. The molecule has 0 saturated carbocycles. The van der Waals surface area contributed by atoms with E-state index in [1.54, 1.807) is 38.1 Å². The van der Waals surface area contributed by atoms with Crippen molar-refractivity contribution in [1.29, 1.82) is 0 Å². The minimum Gasteiger partial charge on any atom is -0.454 e. The summed E-state index contributed by atoms with van der Waals surface area (Å²) in [6.45, 7) is 3.84. The normalized spacial score (nSPS) is 11.5. The first kappa shape index (κ1) is 20.4. The van der Waals surface area contributed by atoms with Crippen molar-refractivity contribution in [2.45, 2.75) is 19.9 Å². The molecule has 0 unspecified atom stereocenters. The molecule has 0 aliphatic carbocycles. The zero-order valence-corrected chi connectivity index (χ0v) is 14.7. The SMILES string of the molecule is COCCNC(=O)COC(=O)[C@H](NC(=O)Nc1ccccc1)C(C)C. The summed E-state index contributed by atoms with van der Waals surface area (Å²) in [4.78, 5) is 35.7. The van der Waals surface area contributed by atoms with Crippen molar-refractivity contribution in [3.63, 3.8) is 0 Å². The first-order chi connectivity index (χ1) is 11.9. The fraction of sp³-hybridized carbons (Fsp3) is 0.471. The number of benzene rings is 1. The van der Waals surface area contributed by atoms with Crippen LogP contribution in [-0.4, -0.2) is 50.8 Å². The van der Waals surface area contributed by atoms with Crippen LogP contribution in [0.25, 0.3) is 0 Å². The van der Waals surface area contributed by atoms with Gasteiger partial charge >= 0.3 is 12.0 Å². The van der Waals surface area contributed by atoms with Gasteiger partial charge in [-0.2, -0.15) is 0 Å². The lowest BCUT2D eigenvalue weighted by Crippen LogP contribution is -2.47. The number of hydrogen-bond donors (Lipinski definition) is 3. The molecule has 8 nitrogen and oxygen atoms in total. The summed E-state index contributed by atoms with van der Waals surface area (Å²) in [7, 11) is 1.52. The third-order valence-corrected chi connectivity index (χ3v) is 3.21. The van der Waals surface area contributed by atoms with Gasteiger partial charge in [-0.15, -0.1) is 0 Å². The van der Waals surface area contributed by atoms with E-state index in [0.717, 1.165) is 0 Å². The first-order valence-electron chi connectivity index (χ1n) is 7.99. The second kappa shape index (κ2) is 11.0. The molecule has 1 aromatic carbocycles. The Morgan fingerprint density at radius 2 is 1.80 bits per heavy atom. The Balaban J connectivity index is 2.47. The average Bonchev–Trinajstić information content (AvgIpc) is 2.58. The summed E-state index contributed by atoms with van der Waals surface area (Å²) in [6.07, 6.45) is 0. The summed E-state index contributed by atoms with van der Waals surface area (Å²) >= 11 is 0. The van der Waals surface area contributed by atoms with Crippen LogP contribution in [0.3, 0.4) is 0 Å². The number of hydrogen-bond acceptors (Lipinski definition) is 5. The smallest absolute Gasteiger partial charge is 0.329 e. The lowest BCUT2D eigenvalue weighted by molar-refractivity contribution is -0.151. The Morgan fingerprint density at radius 3 is 2.40 bits per heavy atom. The van der Waals surface area contributed by atoms with Crippen LogP contribution in [0, 0.1) is 5.92 Å². The molecule has 0 spiro atoms. The number of rotatable bonds is 9. The maximum atomic E-state index is 12.1. The summed E-state index contributed by atoms with van der Waals surface area (Å²) in [5, 5.41) is 7.73. The fourth-order valence-electron chi connectivity index (χ4n) is 1.90. The summed E-state index contributed by atoms with van der Waals surface area (Å²) < 4.78 is 9.78. The highest BCUT2D eigenvalue weighted by Gasteiger charge is 2.26. The van der Waals surface area contributed by atoms with Gasteiger partial charge < -0.3 is 25.4 Å². The molecule has 0 aliphatic heterocycles. The lowest BCUT2D eigenvalue weighted by atomic mass is 10.1. The number of nitrogens with one attached hydrogen (secondary N) is 3. The van der Waals surface area contributed by atoms with E-state index in [1.807, 2.05) is 6.07 Å². The largest absolute Gasteiger partial charge is 0.454 e. The van der Waals surface area contributed by atoms with Crippen LogP contribution in [0.4, 0.5) is 10.5 Å². The molecule has 0 aliphatic rings. The molecular formula is C17H25N3O5. The van der Waals surface area contributed by atoms with E-state index < -0.39 is 30.6 Å². The van der Waals surface area contributed by atoms with Gasteiger partial charge in [-0.1, -0.05) is 32.0 Å². The number of methoxy groups -OCH3 is 1. The third-order valence-electron chi connectivity index (χ3n) is 3.21. The predicted molar refractivity (Wildman–Crippen MR) is 93.1 cm³/mol. The minimum absolute atomic E-state index is 0.203. The molecule has 0 saturated heterocycles. The first-order valence-corrected chi connectivity index (χ1v) is 7.99. The van der Waals surface area contributed by atoms with E-state index in [-0.39, 0.29) is 5.92 Å². The second-order valence-electron chi connectivity index (χ2n) is 5.64. The van der Waals surface area contributed by atoms with Gasteiger partial charge in [0.25, 0.3) is 5.91 Å². The highest BCUT2D eigenvalue weighted by Crippen LogP contribution is 2.07. The van der Waals surface area contributed by atoms with E-state index in [9.17, 15) is 14.4 Å². The van der Waals surface area contributed by atoms with Crippen molar-refractivity contribution in [2.75, 3.05) is 32.2 Å². The van der Waals surface area contributed by atoms with Gasteiger partial charge in [-0.25, -0.2) is 9.59 Å². The molecular weight excluding hydrogens is 326 g/mol. The molecule has 0 fully saturated rings. The quantitative estimate of drug-likeness (QED) is 0.457. The van der Waals surface area contributed by atoms with E-state index in [0.29, 0.717) is 18.8 Å². The fourth-order valence-corrected chi connectivity index (χ4v) is 1.90. The molecule has 25 heavy (non-hydrogen) atoms. The molecule has 0 bridgehead atoms. The van der Waals surface area contributed by atoms with E-state index >= 15 is 0 Å². The Labute approximate surface area is 147 Å². The number of ether oxygens (including phenoxy) is 2. The maximum Gasteiger partial charge on any atom is 0.329 e. The summed E-state index contributed by atoms with van der Waals surface area (Å²) in [6, 6.07) is 7.47. The molecule has 0 radical (unpaired) electrons. The molecule has 1 aromatic rings. The van der Waals surface area contributed by atoms with Crippen LogP contribution >= 0.6 is 0 Å². The van der Waals surface area contributed by atoms with E-state index in [1.165, 1.54) is 7.11 Å². The van der Waals surface area contributed by atoms with Crippen molar-refractivity contribution in [3.8, 4) is 0 Å². The van der Waals surface area contributed by atoms with Crippen LogP contribution in [-0.2, 0) is 19.1 Å². The van der Waals surface area contributed by atoms with Gasteiger partial charge in [0.05, 0.1) is 6.61 Å². The third kappa shape index (κ3) is 8.16. The number of para-hydroxylation sites is 1. The number of anilines is 1. The van der Waals surface area contributed by atoms with Gasteiger partial charge in [-0.05, 0) is 18.1 Å². The van der Waals surface area contributed by atoms with Crippen molar-refractivity contribution in [3.05, 3.63) is 30.3 Å². The van der Waals surface area contributed by atoms with Crippen LogP contribution < -0.4 is 16.0 Å². The molecule has 3 amide bonds. The minimum atomic E-state index is -0.865. The lowest BCUT2D eigenvalue weighted by Gasteiger charge is -2.21. The van der Waals surface area contributed by atoms with Crippen molar-refractivity contribution < 1.29 is 23.9 Å². The van der Waals surface area contributed by atoms with Gasteiger partial charge in [0.15, 0.2) is 6.61 Å². The van der Waals surface area contributed by atoms with Crippen LogP contribution in [0.1, 0.15) is 13.8 Å². The zero-order chi connectivity index (χ0) is 18.7. The predicted octanol–water partition coefficient (Wildman–Crippen LogP) is 1.14. The Hall–Kier alpha value is -2.61. The van der Waals surface area contributed by atoms with Gasteiger partial charge in [0, 0.05) is 19.3 Å². The molecule has 0 aromatic heterocycles. The van der Waals surface area contributed by atoms with E-state index in [2.05, 4.69) is 16.0 Å². The molecule has 1 rings (SSSR count). The van der Waals surface area contributed by atoms with E-state index in [4.69, 9.17) is 9.47 Å². The molecule has 1 atom stereocenters. The van der Waals surface area contributed by atoms with Crippen LogP contribution in [0.15, 0.2) is 30.3 Å². The molecule has 3 N–H and O–H groups in total. The Bertz CT molecular complexity index is 563. The molecule has 8 heteroatoms. The zero-order valence-electron chi connectivity index (χ0n) is 14.7. The number of amides is 3. The number of carbonyl (C=O) groups is 3. The number of carbonyl (C=O) groups excluding carboxylic acids is 3. The van der Waals surface area contributed by atoms with Gasteiger partial charge in [0.1, 0.15) is 6.04 Å². The van der Waals surface area contributed by atoms with Crippen LogP contribution in [0.5, 0.6) is 0 Å². The number of esters is 1. The Kier molecular flexibility index (Phi) is 9.02. The van der Waals surface area contributed by atoms with Crippen molar-refractivity contribution in [2.24, 2.45) is 5.92 Å². The summed E-state index contributed by atoms with van der Waals surface area (Å²) in [5.41, 5.74) is 0.605. The Morgan fingerprint density at radius 1 is 1.12 bits per heavy atom. The maximum absolute atomic E-state index is 12.1. The monoisotopic (exact) mass is 351 g/mol. The average molecular weight is 351 g/mol. The molecule has 138 valence electrons. The van der Waals surface area contributed by atoms with Crippen LogP contribution in [0.2, 0.25) is 0 Å². The standard InChI is InChI=1S/C17H25N3O5/c1-12(2)15(16(22)25-11-14(21)18-9-10-24-3)20-17(23)19-13-7-5-4-6-8-13/h4-8,12,15H,9-11H2,1-3H3,(H,18,21)(H2,19,20,23)/t15-/m1/s1. The highest BCUT2D eigenvalue weighted by molar-refractivity contribution is 5.93. The topological polar surface area (TPSA) is 106 Å². The molecule has 0 heterocycles. The van der Waals surface area contributed by atoms with Crippen molar-refractivity contribution >= 4 is 23.6 Å². The number of urea groups is 1.